The van der Waals surface area contributed by atoms with E-state index in [1.807, 2.05) is 19.1 Å². The number of hydrogen-bond acceptors (Lipinski definition) is 4. The maximum Gasteiger partial charge on any atom is 0.248 e. The molecule has 0 saturated carbocycles. The van der Waals surface area contributed by atoms with Gasteiger partial charge in [0, 0.05) is 17.3 Å². The quantitative estimate of drug-likeness (QED) is 0.653. The van der Waals surface area contributed by atoms with Gasteiger partial charge in [0.1, 0.15) is 0 Å². The molecule has 2 aromatic carbocycles. The minimum Gasteiger partial charge on any atom is -0.423 e. The number of carbonyl (C=O) groups is 1. The van der Waals surface area contributed by atoms with E-state index in [1.165, 1.54) is 12.5 Å². The Kier molecular flexibility index (Phi) is 5.16. The zero-order chi connectivity index (χ0) is 17.8. The highest BCUT2D eigenvalue weighted by Crippen LogP contribution is 2.27. The number of anilines is 1. The van der Waals surface area contributed by atoms with Crippen LogP contribution in [0.5, 0.6) is 0 Å². The second-order valence-corrected chi connectivity index (χ2v) is 6.02. The Balaban J connectivity index is 1.78. The summed E-state index contributed by atoms with van der Waals surface area (Å²) in [6.07, 6.45) is 4.27. The SMILES string of the molecule is Cc1ccc(-c2nnco2)cc1NC(=O)C=Cc1cccc(Cl)c1Cl. The van der Waals surface area contributed by atoms with Crippen molar-refractivity contribution < 1.29 is 9.21 Å². The number of benzene rings is 2. The summed E-state index contributed by atoms with van der Waals surface area (Å²) >= 11 is 12.1. The predicted molar refractivity (Wildman–Crippen MR) is 98.6 cm³/mol. The first-order valence-corrected chi connectivity index (χ1v) is 8.10. The molecule has 7 heteroatoms. The Bertz CT molecular complexity index is 937. The van der Waals surface area contributed by atoms with E-state index in [4.69, 9.17) is 27.6 Å². The lowest BCUT2D eigenvalue weighted by molar-refractivity contribution is -0.111. The molecule has 0 fully saturated rings. The van der Waals surface area contributed by atoms with Crippen LogP contribution in [0.1, 0.15) is 11.1 Å². The van der Waals surface area contributed by atoms with E-state index in [0.717, 1.165) is 11.1 Å². The molecule has 0 unspecified atom stereocenters. The van der Waals surface area contributed by atoms with Gasteiger partial charge in [0.25, 0.3) is 0 Å². The van der Waals surface area contributed by atoms with Crippen molar-refractivity contribution in [2.75, 3.05) is 5.32 Å². The third-order valence-corrected chi connectivity index (χ3v) is 4.33. The zero-order valence-corrected chi connectivity index (χ0v) is 14.7. The van der Waals surface area contributed by atoms with Crippen molar-refractivity contribution in [3.05, 3.63) is 70.0 Å². The molecule has 5 nitrogen and oxygen atoms in total. The fourth-order valence-electron chi connectivity index (χ4n) is 2.18. The molecule has 0 spiro atoms. The third-order valence-electron chi connectivity index (χ3n) is 3.50. The van der Waals surface area contributed by atoms with Crippen LogP contribution >= 0.6 is 23.2 Å². The van der Waals surface area contributed by atoms with Crippen LogP contribution in [0.4, 0.5) is 5.69 Å². The van der Waals surface area contributed by atoms with Gasteiger partial charge in [0.2, 0.25) is 18.2 Å². The summed E-state index contributed by atoms with van der Waals surface area (Å²) in [5, 5.41) is 11.2. The Morgan fingerprint density at radius 3 is 2.84 bits per heavy atom. The molecule has 126 valence electrons. The molecule has 1 heterocycles. The van der Waals surface area contributed by atoms with E-state index in [0.29, 0.717) is 27.2 Å². The maximum atomic E-state index is 12.2. The van der Waals surface area contributed by atoms with Crippen molar-refractivity contribution in [1.82, 2.24) is 10.2 Å². The highest BCUT2D eigenvalue weighted by molar-refractivity contribution is 6.42. The Labute approximate surface area is 154 Å². The normalized spacial score (nSPS) is 11.0. The summed E-state index contributed by atoms with van der Waals surface area (Å²) in [5.74, 6) is 0.0959. The number of nitrogens with zero attached hydrogens (tertiary/aromatic N) is 2. The van der Waals surface area contributed by atoms with E-state index in [1.54, 1.807) is 30.3 Å². The van der Waals surface area contributed by atoms with Crippen LogP contribution in [0.15, 0.2) is 53.3 Å². The van der Waals surface area contributed by atoms with Gasteiger partial charge in [-0.05, 0) is 42.3 Å². The van der Waals surface area contributed by atoms with Gasteiger partial charge >= 0.3 is 0 Å². The van der Waals surface area contributed by atoms with E-state index in [9.17, 15) is 4.79 Å². The van der Waals surface area contributed by atoms with Gasteiger partial charge in [-0.15, -0.1) is 10.2 Å². The molecule has 0 radical (unpaired) electrons. The van der Waals surface area contributed by atoms with Crippen LogP contribution in [0.2, 0.25) is 10.0 Å². The molecule has 1 amide bonds. The molecule has 3 aromatic rings. The number of carbonyl (C=O) groups excluding carboxylic acids is 1. The van der Waals surface area contributed by atoms with Crippen molar-refractivity contribution in [2.45, 2.75) is 6.92 Å². The first-order chi connectivity index (χ1) is 12.0. The highest BCUT2D eigenvalue weighted by atomic mass is 35.5. The van der Waals surface area contributed by atoms with Crippen LogP contribution in [0.25, 0.3) is 17.5 Å². The van der Waals surface area contributed by atoms with Crippen molar-refractivity contribution in [1.29, 1.82) is 0 Å². The van der Waals surface area contributed by atoms with Crippen molar-refractivity contribution >= 4 is 40.9 Å². The lowest BCUT2D eigenvalue weighted by atomic mass is 10.1. The van der Waals surface area contributed by atoms with Crippen molar-refractivity contribution in [3.63, 3.8) is 0 Å². The molecule has 0 aliphatic carbocycles. The Hall–Kier alpha value is -2.63. The Morgan fingerprint density at radius 2 is 2.08 bits per heavy atom. The summed E-state index contributed by atoms with van der Waals surface area (Å²) in [6, 6.07) is 10.7. The van der Waals surface area contributed by atoms with E-state index >= 15 is 0 Å². The largest absolute Gasteiger partial charge is 0.423 e. The molecule has 25 heavy (non-hydrogen) atoms. The minimum atomic E-state index is -0.290. The van der Waals surface area contributed by atoms with Crippen LogP contribution in [-0.4, -0.2) is 16.1 Å². The number of aryl methyl sites for hydroxylation is 1. The average Bonchev–Trinajstić information content (AvgIpc) is 3.13. The highest BCUT2D eigenvalue weighted by Gasteiger charge is 2.08. The Morgan fingerprint density at radius 1 is 1.24 bits per heavy atom. The van der Waals surface area contributed by atoms with Gasteiger partial charge in [0.15, 0.2) is 0 Å². The number of rotatable bonds is 4. The molecule has 1 N–H and O–H groups in total. The molecule has 3 rings (SSSR count). The van der Waals surface area contributed by atoms with Crippen molar-refractivity contribution in [3.8, 4) is 11.5 Å². The number of hydrogen-bond donors (Lipinski definition) is 1. The monoisotopic (exact) mass is 373 g/mol. The molecule has 0 bridgehead atoms. The molecule has 0 aliphatic rings. The smallest absolute Gasteiger partial charge is 0.248 e. The maximum absolute atomic E-state index is 12.2. The van der Waals surface area contributed by atoms with Crippen LogP contribution < -0.4 is 5.32 Å². The molecular weight excluding hydrogens is 361 g/mol. The molecular formula is C18H13Cl2N3O2. The lowest BCUT2D eigenvalue weighted by Gasteiger charge is -2.08. The fourth-order valence-corrected chi connectivity index (χ4v) is 2.55. The first-order valence-electron chi connectivity index (χ1n) is 7.35. The average molecular weight is 374 g/mol. The number of aromatic nitrogens is 2. The topological polar surface area (TPSA) is 68.0 Å². The number of nitrogens with one attached hydrogen (secondary N) is 1. The molecule has 1 aromatic heterocycles. The van der Waals surface area contributed by atoms with E-state index < -0.39 is 0 Å². The standard InChI is InChI=1S/C18H13Cl2N3O2/c1-11-5-6-13(18-23-21-10-25-18)9-15(11)22-16(24)8-7-12-3-2-4-14(19)17(12)20/h2-10H,1H3,(H,22,24). The van der Waals surface area contributed by atoms with Gasteiger partial charge in [-0.1, -0.05) is 41.4 Å². The van der Waals surface area contributed by atoms with Gasteiger partial charge in [0.05, 0.1) is 10.0 Å². The fraction of sp³-hybridized carbons (Fsp3) is 0.0556. The minimum absolute atomic E-state index is 0.290. The summed E-state index contributed by atoms with van der Waals surface area (Å²) in [7, 11) is 0. The summed E-state index contributed by atoms with van der Waals surface area (Å²) < 4.78 is 5.17. The zero-order valence-electron chi connectivity index (χ0n) is 13.2. The van der Waals surface area contributed by atoms with Crippen LogP contribution in [0.3, 0.4) is 0 Å². The first kappa shape index (κ1) is 17.2. The second kappa shape index (κ2) is 7.51. The molecule has 0 atom stereocenters. The van der Waals surface area contributed by atoms with Crippen molar-refractivity contribution in [2.24, 2.45) is 0 Å². The lowest BCUT2D eigenvalue weighted by Crippen LogP contribution is -2.09. The second-order valence-electron chi connectivity index (χ2n) is 5.24. The summed E-state index contributed by atoms with van der Waals surface area (Å²) in [4.78, 5) is 12.2. The molecule has 0 aliphatic heterocycles. The number of halogens is 2. The third kappa shape index (κ3) is 4.07. The van der Waals surface area contributed by atoms with Gasteiger partial charge in [-0.2, -0.15) is 0 Å². The van der Waals surface area contributed by atoms with Gasteiger partial charge < -0.3 is 9.73 Å². The molecule has 0 saturated heterocycles. The summed E-state index contributed by atoms with van der Waals surface area (Å²) in [6.45, 7) is 1.89. The predicted octanol–water partition coefficient (Wildman–Crippen LogP) is 5.00. The van der Waals surface area contributed by atoms with Gasteiger partial charge in [-0.25, -0.2) is 0 Å². The van der Waals surface area contributed by atoms with E-state index in [-0.39, 0.29) is 5.91 Å². The van der Waals surface area contributed by atoms with E-state index in [2.05, 4.69) is 15.5 Å². The number of amides is 1. The summed E-state index contributed by atoms with van der Waals surface area (Å²) in [5.41, 5.74) is 2.95. The van der Waals surface area contributed by atoms with Gasteiger partial charge in [-0.3, -0.25) is 4.79 Å². The van der Waals surface area contributed by atoms with Crippen LogP contribution in [-0.2, 0) is 4.79 Å². The van der Waals surface area contributed by atoms with Crippen LogP contribution in [0, 0.1) is 6.92 Å².